The second-order valence-electron chi connectivity index (χ2n) is 4.25. The highest BCUT2D eigenvalue weighted by molar-refractivity contribution is 4.41. The molecule has 0 aliphatic rings. The minimum atomic E-state index is 0.680. The van der Waals surface area contributed by atoms with Crippen LogP contribution in [0.25, 0.3) is 0 Å². The zero-order valence-corrected chi connectivity index (χ0v) is 11.7. The fourth-order valence-corrected chi connectivity index (χ4v) is 1.49. The summed E-state index contributed by atoms with van der Waals surface area (Å²) in [6.07, 6.45) is 7.53. The molecular weight excluding hydrogens is 216 g/mol. The average Bonchev–Trinajstić information content (AvgIpc) is 2.35. The van der Waals surface area contributed by atoms with Crippen molar-refractivity contribution in [2.24, 2.45) is 0 Å². The van der Waals surface area contributed by atoms with E-state index < -0.39 is 0 Å². The minimum Gasteiger partial charge on any atom is -0.379 e. The Morgan fingerprint density at radius 1 is 0.471 bits per heavy atom. The van der Waals surface area contributed by atoms with E-state index in [-0.39, 0.29) is 0 Å². The van der Waals surface area contributed by atoms with Crippen LogP contribution >= 0.6 is 0 Å². The van der Waals surface area contributed by atoms with Crippen LogP contribution in [0, 0.1) is 0 Å². The second kappa shape index (κ2) is 15.9. The molecule has 0 saturated heterocycles. The topological polar surface area (TPSA) is 27.7 Å². The highest BCUT2D eigenvalue weighted by Gasteiger charge is 1.92. The molecule has 0 saturated carbocycles. The average molecular weight is 246 g/mol. The summed E-state index contributed by atoms with van der Waals surface area (Å²) >= 11 is 0. The van der Waals surface area contributed by atoms with Crippen LogP contribution in [0.5, 0.6) is 0 Å². The molecule has 0 amide bonds. The Bertz CT molecular complexity index is 115. The summed E-state index contributed by atoms with van der Waals surface area (Å²) in [7, 11) is 0. The second-order valence-corrected chi connectivity index (χ2v) is 4.25. The van der Waals surface area contributed by atoms with Crippen molar-refractivity contribution in [1.29, 1.82) is 0 Å². The van der Waals surface area contributed by atoms with Gasteiger partial charge in [0, 0.05) is 13.2 Å². The van der Waals surface area contributed by atoms with Crippen LogP contribution in [-0.2, 0) is 14.2 Å². The summed E-state index contributed by atoms with van der Waals surface area (Å²) < 4.78 is 16.2. The minimum absolute atomic E-state index is 0.680. The van der Waals surface area contributed by atoms with Gasteiger partial charge in [0.2, 0.25) is 0 Å². The highest BCUT2D eigenvalue weighted by Crippen LogP contribution is 2.02. The van der Waals surface area contributed by atoms with Crippen LogP contribution in [0.15, 0.2) is 0 Å². The third-order valence-corrected chi connectivity index (χ3v) is 2.48. The molecule has 0 aromatic heterocycles. The molecule has 3 heteroatoms. The molecule has 0 spiro atoms. The molecule has 104 valence electrons. The maximum absolute atomic E-state index is 5.48. The van der Waals surface area contributed by atoms with E-state index in [0.29, 0.717) is 26.4 Å². The van der Waals surface area contributed by atoms with Gasteiger partial charge in [-0.05, 0) is 12.8 Å². The summed E-state index contributed by atoms with van der Waals surface area (Å²) in [5, 5.41) is 0. The Morgan fingerprint density at radius 2 is 1.00 bits per heavy atom. The predicted octanol–water partition coefficient (Wildman–Crippen LogP) is 3.42. The number of hydrogen-bond acceptors (Lipinski definition) is 3. The first-order valence-corrected chi connectivity index (χ1v) is 7.15. The lowest BCUT2D eigenvalue weighted by atomic mass is 10.2. The molecule has 0 atom stereocenters. The van der Waals surface area contributed by atoms with Gasteiger partial charge >= 0.3 is 0 Å². The summed E-state index contributed by atoms with van der Waals surface area (Å²) in [5.41, 5.74) is 0. The smallest absolute Gasteiger partial charge is 0.0701 e. The molecule has 0 bridgehead atoms. The van der Waals surface area contributed by atoms with E-state index in [9.17, 15) is 0 Å². The van der Waals surface area contributed by atoms with Crippen LogP contribution in [0.4, 0.5) is 0 Å². The Morgan fingerprint density at radius 3 is 1.59 bits per heavy atom. The van der Waals surface area contributed by atoms with Crippen LogP contribution < -0.4 is 0 Å². The third-order valence-electron chi connectivity index (χ3n) is 2.48. The van der Waals surface area contributed by atoms with Gasteiger partial charge in [-0.15, -0.1) is 0 Å². The van der Waals surface area contributed by atoms with Crippen molar-refractivity contribution in [3.8, 4) is 0 Å². The molecule has 17 heavy (non-hydrogen) atoms. The van der Waals surface area contributed by atoms with Gasteiger partial charge in [-0.25, -0.2) is 0 Å². The van der Waals surface area contributed by atoms with Crippen molar-refractivity contribution >= 4 is 0 Å². The highest BCUT2D eigenvalue weighted by atomic mass is 16.5. The number of hydrogen-bond donors (Lipinski definition) is 0. The lowest BCUT2D eigenvalue weighted by Gasteiger charge is -2.06. The van der Waals surface area contributed by atoms with Gasteiger partial charge in [-0.1, -0.05) is 39.5 Å². The van der Waals surface area contributed by atoms with Crippen LogP contribution in [0.2, 0.25) is 0 Å². The largest absolute Gasteiger partial charge is 0.379 e. The number of rotatable bonds is 14. The summed E-state index contributed by atoms with van der Waals surface area (Å²) in [5.74, 6) is 0. The standard InChI is InChI=1S/C14H30O3/c1-3-5-6-7-8-10-16-12-14-17-13-11-15-9-4-2/h3-14H2,1-2H3. The molecule has 0 unspecified atom stereocenters. The maximum atomic E-state index is 5.48. The van der Waals surface area contributed by atoms with E-state index in [1.165, 1.54) is 32.1 Å². The summed E-state index contributed by atoms with van der Waals surface area (Å²) in [6, 6.07) is 0. The van der Waals surface area contributed by atoms with Crippen molar-refractivity contribution in [1.82, 2.24) is 0 Å². The van der Waals surface area contributed by atoms with Crippen molar-refractivity contribution < 1.29 is 14.2 Å². The maximum Gasteiger partial charge on any atom is 0.0701 e. The molecule has 0 radical (unpaired) electrons. The van der Waals surface area contributed by atoms with E-state index in [4.69, 9.17) is 14.2 Å². The molecule has 3 nitrogen and oxygen atoms in total. The fraction of sp³-hybridized carbons (Fsp3) is 1.00. The quantitative estimate of drug-likeness (QED) is 0.440. The predicted molar refractivity (Wildman–Crippen MR) is 71.5 cm³/mol. The molecule has 0 rings (SSSR count). The lowest BCUT2D eigenvalue weighted by Crippen LogP contribution is -2.10. The van der Waals surface area contributed by atoms with E-state index in [0.717, 1.165) is 19.6 Å². The van der Waals surface area contributed by atoms with Crippen molar-refractivity contribution in [3.05, 3.63) is 0 Å². The van der Waals surface area contributed by atoms with E-state index in [1.54, 1.807) is 0 Å². The van der Waals surface area contributed by atoms with Crippen molar-refractivity contribution in [2.45, 2.75) is 52.4 Å². The Labute approximate surface area is 107 Å². The normalized spacial score (nSPS) is 10.9. The van der Waals surface area contributed by atoms with Gasteiger partial charge in [-0.2, -0.15) is 0 Å². The molecule has 0 N–H and O–H groups in total. The SMILES string of the molecule is CCCCCCCOCCOCCOCCC. The summed E-state index contributed by atoms with van der Waals surface area (Å²) in [4.78, 5) is 0. The monoisotopic (exact) mass is 246 g/mol. The van der Waals surface area contributed by atoms with E-state index >= 15 is 0 Å². The first-order valence-electron chi connectivity index (χ1n) is 7.15. The molecule has 0 aliphatic heterocycles. The van der Waals surface area contributed by atoms with Gasteiger partial charge in [0.05, 0.1) is 26.4 Å². The molecule has 0 heterocycles. The van der Waals surface area contributed by atoms with E-state index in [2.05, 4.69) is 13.8 Å². The lowest BCUT2D eigenvalue weighted by molar-refractivity contribution is 0.0140. The molecular formula is C14H30O3. The zero-order valence-electron chi connectivity index (χ0n) is 11.7. The first kappa shape index (κ1) is 16.9. The van der Waals surface area contributed by atoms with E-state index in [1.807, 2.05) is 0 Å². The molecule has 0 fully saturated rings. The molecule has 0 aromatic carbocycles. The Hall–Kier alpha value is -0.120. The van der Waals surface area contributed by atoms with Crippen LogP contribution in [0.1, 0.15) is 52.4 Å². The van der Waals surface area contributed by atoms with Crippen molar-refractivity contribution in [3.63, 3.8) is 0 Å². The number of ether oxygens (including phenoxy) is 3. The zero-order chi connectivity index (χ0) is 12.6. The fourth-order valence-electron chi connectivity index (χ4n) is 1.49. The van der Waals surface area contributed by atoms with Crippen LogP contribution in [-0.4, -0.2) is 39.6 Å². The Kier molecular flexibility index (Phi) is 15.8. The van der Waals surface area contributed by atoms with Gasteiger partial charge in [0.15, 0.2) is 0 Å². The van der Waals surface area contributed by atoms with Gasteiger partial charge in [-0.3, -0.25) is 0 Å². The van der Waals surface area contributed by atoms with Crippen molar-refractivity contribution in [2.75, 3.05) is 39.6 Å². The first-order chi connectivity index (χ1) is 8.41. The van der Waals surface area contributed by atoms with Crippen LogP contribution in [0.3, 0.4) is 0 Å². The van der Waals surface area contributed by atoms with Gasteiger partial charge < -0.3 is 14.2 Å². The van der Waals surface area contributed by atoms with Gasteiger partial charge in [0.25, 0.3) is 0 Å². The molecule has 0 aliphatic carbocycles. The number of unbranched alkanes of at least 4 members (excludes halogenated alkanes) is 4. The summed E-state index contributed by atoms with van der Waals surface area (Å²) in [6.45, 7) is 8.82. The molecule has 0 aromatic rings. The Balaban J connectivity index is 2.85. The third kappa shape index (κ3) is 15.9. The van der Waals surface area contributed by atoms with Gasteiger partial charge in [0.1, 0.15) is 0 Å².